The van der Waals surface area contributed by atoms with Gasteiger partial charge in [0, 0.05) is 28.4 Å². The smallest absolute Gasteiger partial charge is 0.0465 e. The molecule has 0 heterocycles. The van der Waals surface area contributed by atoms with Gasteiger partial charge in [-0.3, -0.25) is 0 Å². The predicted molar refractivity (Wildman–Crippen MR) is 248 cm³/mol. The fourth-order valence-electron chi connectivity index (χ4n) is 9.53. The Morgan fingerprint density at radius 3 is 1.64 bits per heavy atom. The number of hydrogen-bond acceptors (Lipinski definition) is 1. The van der Waals surface area contributed by atoms with Crippen LogP contribution in [0.3, 0.4) is 0 Å². The molecule has 284 valence electrons. The molecule has 0 aliphatic heterocycles. The van der Waals surface area contributed by atoms with Gasteiger partial charge < -0.3 is 4.90 Å². The summed E-state index contributed by atoms with van der Waals surface area (Å²) >= 11 is 0. The van der Waals surface area contributed by atoms with Crippen molar-refractivity contribution in [1.29, 1.82) is 0 Å². The molecule has 0 saturated heterocycles. The lowest BCUT2D eigenvalue weighted by Crippen LogP contribution is -2.24. The summed E-state index contributed by atoms with van der Waals surface area (Å²) in [6.07, 6.45) is 11.6. The molecule has 1 nitrogen and oxygen atoms in total. The molecule has 0 spiro atoms. The average molecular weight is 750 g/mol. The van der Waals surface area contributed by atoms with Crippen LogP contribution in [0, 0.1) is 5.92 Å². The van der Waals surface area contributed by atoms with Crippen molar-refractivity contribution in [3.05, 3.63) is 228 Å². The van der Waals surface area contributed by atoms with Crippen molar-refractivity contribution < 1.29 is 0 Å². The van der Waals surface area contributed by atoms with Gasteiger partial charge in [-0.05, 0) is 135 Å². The minimum absolute atomic E-state index is 0.0401. The number of aryl methyl sites for hydroxylation is 1. The van der Waals surface area contributed by atoms with E-state index in [9.17, 15) is 0 Å². The van der Waals surface area contributed by atoms with Crippen LogP contribution in [0.2, 0.25) is 0 Å². The number of allylic oxidation sites excluding steroid dienone is 6. The summed E-state index contributed by atoms with van der Waals surface area (Å²) < 4.78 is 0. The molecule has 0 amide bonds. The molecule has 2 aliphatic rings. The third-order valence-electron chi connectivity index (χ3n) is 12.7. The highest BCUT2D eigenvalue weighted by Gasteiger charge is 2.43. The van der Waals surface area contributed by atoms with Gasteiger partial charge in [0.15, 0.2) is 0 Å². The van der Waals surface area contributed by atoms with Crippen LogP contribution in [0.15, 0.2) is 211 Å². The summed E-state index contributed by atoms with van der Waals surface area (Å²) in [5, 5.41) is 0. The van der Waals surface area contributed by atoms with Crippen LogP contribution < -0.4 is 4.90 Å². The molecule has 0 N–H and O–H groups in total. The lowest BCUT2D eigenvalue weighted by atomic mass is 9.72. The molecule has 7 aromatic carbocycles. The molecule has 58 heavy (non-hydrogen) atoms. The van der Waals surface area contributed by atoms with Crippen LogP contribution in [0.25, 0.3) is 39.0 Å². The molecule has 2 aliphatic carbocycles. The number of para-hydroxylation sites is 2. The van der Waals surface area contributed by atoms with E-state index in [-0.39, 0.29) is 5.41 Å². The fraction of sp³-hybridized carbons (Fsp3) is 0.158. The summed E-state index contributed by atoms with van der Waals surface area (Å²) in [6, 6.07) is 66.5. The minimum atomic E-state index is -0.0401. The molecule has 1 heteroatoms. The van der Waals surface area contributed by atoms with Crippen molar-refractivity contribution in [2.75, 3.05) is 4.90 Å². The van der Waals surface area contributed by atoms with Crippen LogP contribution in [-0.2, 0) is 11.8 Å². The quantitative estimate of drug-likeness (QED) is 0.127. The number of rotatable bonds is 11. The number of benzene rings is 7. The van der Waals surface area contributed by atoms with Gasteiger partial charge in [0.25, 0.3) is 0 Å². The summed E-state index contributed by atoms with van der Waals surface area (Å²) in [5.74, 6) is 0.334. The first-order chi connectivity index (χ1) is 28.6. The van der Waals surface area contributed by atoms with E-state index in [1.807, 2.05) is 0 Å². The second kappa shape index (κ2) is 16.2. The lowest BCUT2D eigenvalue weighted by Gasteiger charge is -2.33. The van der Waals surface area contributed by atoms with Gasteiger partial charge in [-0.1, -0.05) is 179 Å². The SMILES string of the molecule is CCC1(CC)C2=C(c3ccc(N(c4ccccc4)c4ccccc4)cc31)C(C)C=CC(CCc1ccc(-c3ccc(-c4ccccc4)c(-c4ccccc4)c3)cc1)=C2. The van der Waals surface area contributed by atoms with Gasteiger partial charge in [-0.15, -0.1) is 0 Å². The second-order valence-electron chi connectivity index (χ2n) is 15.9. The Morgan fingerprint density at radius 1 is 0.483 bits per heavy atom. The van der Waals surface area contributed by atoms with Gasteiger partial charge in [0.1, 0.15) is 0 Å². The van der Waals surface area contributed by atoms with E-state index in [0.29, 0.717) is 5.92 Å². The van der Waals surface area contributed by atoms with E-state index >= 15 is 0 Å². The maximum Gasteiger partial charge on any atom is 0.0465 e. The van der Waals surface area contributed by atoms with Crippen LogP contribution in [-0.4, -0.2) is 0 Å². The first-order valence-corrected chi connectivity index (χ1v) is 21.1. The Bertz CT molecular complexity index is 2570. The van der Waals surface area contributed by atoms with E-state index in [4.69, 9.17) is 0 Å². The second-order valence-corrected chi connectivity index (χ2v) is 15.9. The van der Waals surface area contributed by atoms with E-state index in [2.05, 4.69) is 226 Å². The van der Waals surface area contributed by atoms with E-state index in [1.165, 1.54) is 83.9 Å². The Hall–Kier alpha value is -6.44. The van der Waals surface area contributed by atoms with Crippen molar-refractivity contribution in [1.82, 2.24) is 0 Å². The molecular formula is C57H51N. The molecule has 9 rings (SSSR count). The minimum Gasteiger partial charge on any atom is -0.310 e. The van der Waals surface area contributed by atoms with Gasteiger partial charge in [-0.2, -0.15) is 0 Å². The zero-order valence-electron chi connectivity index (χ0n) is 33.9. The van der Waals surface area contributed by atoms with Gasteiger partial charge in [0.2, 0.25) is 0 Å². The third kappa shape index (κ3) is 6.96. The van der Waals surface area contributed by atoms with Crippen LogP contribution in [0.1, 0.15) is 56.7 Å². The van der Waals surface area contributed by atoms with Crippen molar-refractivity contribution in [2.24, 2.45) is 5.92 Å². The average Bonchev–Trinajstić information content (AvgIpc) is 3.45. The molecule has 0 saturated carbocycles. The largest absolute Gasteiger partial charge is 0.310 e. The van der Waals surface area contributed by atoms with Crippen molar-refractivity contribution >= 4 is 22.6 Å². The molecule has 0 radical (unpaired) electrons. The lowest BCUT2D eigenvalue weighted by molar-refractivity contribution is 0.485. The molecule has 0 aromatic heterocycles. The summed E-state index contributed by atoms with van der Waals surface area (Å²) in [5.41, 5.74) is 19.7. The first-order valence-electron chi connectivity index (χ1n) is 21.1. The molecule has 1 atom stereocenters. The van der Waals surface area contributed by atoms with Gasteiger partial charge in [-0.25, -0.2) is 0 Å². The number of hydrogen-bond donors (Lipinski definition) is 0. The molecule has 0 fully saturated rings. The highest BCUT2D eigenvalue weighted by molar-refractivity contribution is 5.89. The van der Waals surface area contributed by atoms with Crippen molar-refractivity contribution in [3.8, 4) is 33.4 Å². The highest BCUT2D eigenvalue weighted by Crippen LogP contribution is 2.56. The summed E-state index contributed by atoms with van der Waals surface area (Å²) in [4.78, 5) is 2.40. The highest BCUT2D eigenvalue weighted by atomic mass is 15.1. The standard InChI is InChI=1S/C57H51N/c1-4-57(5-2)54-40-50(58(48-22-14-8-15-23-48)49-24-16-9-17-25-49)35-37-52(54)56-41(3)26-27-43(38-55(56)57)29-28-42-30-32-44(33-31-42)47-34-36-51(45-18-10-6-11-19-45)53(39-47)46-20-12-7-13-21-46/h6-27,30-41H,4-5,28-29H2,1-3H3. The van der Waals surface area contributed by atoms with Crippen LogP contribution in [0.4, 0.5) is 17.1 Å². The van der Waals surface area contributed by atoms with Gasteiger partial charge >= 0.3 is 0 Å². The Kier molecular flexibility index (Phi) is 10.4. The van der Waals surface area contributed by atoms with Crippen LogP contribution >= 0.6 is 0 Å². The first kappa shape index (κ1) is 37.2. The Morgan fingerprint density at radius 2 is 1.03 bits per heavy atom. The summed E-state index contributed by atoms with van der Waals surface area (Å²) in [7, 11) is 0. The topological polar surface area (TPSA) is 3.24 Å². The third-order valence-corrected chi connectivity index (χ3v) is 12.7. The zero-order chi connectivity index (χ0) is 39.5. The fourth-order valence-corrected chi connectivity index (χ4v) is 9.53. The maximum atomic E-state index is 2.57. The zero-order valence-corrected chi connectivity index (χ0v) is 33.9. The molecular weight excluding hydrogens is 699 g/mol. The van der Waals surface area contributed by atoms with E-state index < -0.39 is 0 Å². The van der Waals surface area contributed by atoms with Crippen molar-refractivity contribution in [2.45, 2.75) is 51.9 Å². The molecule has 1 unspecified atom stereocenters. The normalized spacial score (nSPS) is 15.4. The monoisotopic (exact) mass is 749 g/mol. The molecule has 0 bridgehead atoms. The Labute approximate surface area is 345 Å². The molecule has 7 aromatic rings. The Balaban J connectivity index is 0.993. The van der Waals surface area contributed by atoms with E-state index in [0.717, 1.165) is 25.7 Å². The van der Waals surface area contributed by atoms with Crippen LogP contribution in [0.5, 0.6) is 0 Å². The van der Waals surface area contributed by atoms with Crippen molar-refractivity contribution in [3.63, 3.8) is 0 Å². The number of fused-ring (bicyclic) bond motifs is 2. The summed E-state index contributed by atoms with van der Waals surface area (Å²) in [6.45, 7) is 7.16. The van der Waals surface area contributed by atoms with Gasteiger partial charge in [0.05, 0.1) is 0 Å². The number of anilines is 3. The predicted octanol–water partition coefficient (Wildman–Crippen LogP) is 15.7. The number of nitrogens with zero attached hydrogens (tertiary/aromatic N) is 1. The van der Waals surface area contributed by atoms with E-state index in [1.54, 1.807) is 0 Å². The maximum absolute atomic E-state index is 2.57.